The van der Waals surface area contributed by atoms with Crippen molar-refractivity contribution in [3.63, 3.8) is 0 Å². The fourth-order valence-corrected chi connectivity index (χ4v) is 2.89. The van der Waals surface area contributed by atoms with E-state index in [0.29, 0.717) is 0 Å². The van der Waals surface area contributed by atoms with Gasteiger partial charge in [-0.05, 0) is 49.9 Å². The smallest absolute Gasteiger partial charge is 0.323 e. The maximum atomic E-state index is 13.1. The van der Waals surface area contributed by atoms with Crippen LogP contribution in [0.2, 0.25) is 0 Å². The first kappa shape index (κ1) is 21.4. The Labute approximate surface area is 170 Å². The number of amides is 1. The molecule has 30 heavy (non-hydrogen) atoms. The lowest BCUT2D eigenvalue weighted by Gasteiger charge is -2.25. The van der Waals surface area contributed by atoms with Crippen LogP contribution in [0.5, 0.6) is 0 Å². The van der Waals surface area contributed by atoms with Gasteiger partial charge in [0, 0.05) is 6.04 Å². The third-order valence-electron chi connectivity index (χ3n) is 4.67. The summed E-state index contributed by atoms with van der Waals surface area (Å²) < 4.78 is 53.8. The van der Waals surface area contributed by atoms with Crippen LogP contribution in [0.3, 0.4) is 0 Å². The molecular weight excluding hydrogens is 402 g/mol. The molecule has 1 N–H and O–H groups in total. The van der Waals surface area contributed by atoms with Crippen LogP contribution in [-0.2, 0) is 11.0 Å². The molecule has 0 aliphatic heterocycles. The summed E-state index contributed by atoms with van der Waals surface area (Å²) in [7, 11) is 1.69. The molecule has 0 saturated heterocycles. The van der Waals surface area contributed by atoms with Crippen LogP contribution in [0, 0.1) is 5.82 Å². The first-order valence-electron chi connectivity index (χ1n) is 8.97. The van der Waals surface area contributed by atoms with Gasteiger partial charge in [0.25, 0.3) is 0 Å². The summed E-state index contributed by atoms with van der Waals surface area (Å²) in [6, 6.07) is 8.66. The second kappa shape index (κ2) is 8.62. The number of carbonyl (C=O) groups excluding carboxylic acids is 1. The monoisotopic (exact) mass is 421 g/mol. The fraction of sp³-hybridized carbons (Fsp3) is 0.250. The summed E-state index contributed by atoms with van der Waals surface area (Å²) in [6.45, 7) is 1.75. The molecule has 0 unspecified atom stereocenters. The third kappa shape index (κ3) is 5.01. The maximum Gasteiger partial charge on any atom is 0.416 e. The molecule has 0 bridgehead atoms. The molecule has 1 amide bonds. The Morgan fingerprint density at radius 2 is 1.90 bits per heavy atom. The van der Waals surface area contributed by atoms with Crippen LogP contribution >= 0.6 is 0 Å². The molecule has 0 saturated carbocycles. The van der Waals surface area contributed by atoms with Gasteiger partial charge in [0.2, 0.25) is 5.91 Å². The van der Waals surface area contributed by atoms with Crippen molar-refractivity contribution in [3.05, 3.63) is 72.1 Å². The van der Waals surface area contributed by atoms with E-state index < -0.39 is 17.6 Å². The summed E-state index contributed by atoms with van der Waals surface area (Å²) in [6.07, 6.45) is -2.00. The molecule has 10 heteroatoms. The van der Waals surface area contributed by atoms with Crippen molar-refractivity contribution in [3.8, 4) is 5.69 Å². The predicted molar refractivity (Wildman–Crippen MR) is 102 cm³/mol. The van der Waals surface area contributed by atoms with Gasteiger partial charge in [-0.2, -0.15) is 18.3 Å². The number of nitrogens with one attached hydrogen (secondary N) is 1. The first-order chi connectivity index (χ1) is 14.1. The van der Waals surface area contributed by atoms with E-state index in [4.69, 9.17) is 0 Å². The molecule has 6 nitrogen and oxygen atoms in total. The molecule has 1 atom stereocenters. The van der Waals surface area contributed by atoms with Crippen molar-refractivity contribution in [2.75, 3.05) is 18.9 Å². The SMILES string of the molecule is C[C@@H](c1ccc(F)cc1)N(C)CC(=O)Nc1cc(C(F)(F)F)ccc1-n1cncn1. The standard InChI is InChI=1S/C20H19F4N5O/c1-13(14-3-6-16(21)7-4-14)28(2)10-19(30)27-17-9-15(20(22,23)24)5-8-18(17)29-12-25-11-26-29/h3-9,11-13H,10H2,1-2H3,(H,27,30)/t13-/m0/s1. The highest BCUT2D eigenvalue weighted by Gasteiger charge is 2.31. The molecular formula is C20H19F4N5O. The number of halogens is 4. The summed E-state index contributed by atoms with van der Waals surface area (Å²) >= 11 is 0. The van der Waals surface area contributed by atoms with Crippen LogP contribution in [-0.4, -0.2) is 39.2 Å². The Morgan fingerprint density at radius 3 is 2.50 bits per heavy atom. The first-order valence-corrected chi connectivity index (χ1v) is 8.97. The summed E-state index contributed by atoms with van der Waals surface area (Å²) in [4.78, 5) is 18.0. The van der Waals surface area contributed by atoms with Gasteiger partial charge in [-0.3, -0.25) is 9.69 Å². The minimum atomic E-state index is -4.56. The van der Waals surface area contributed by atoms with Gasteiger partial charge >= 0.3 is 6.18 Å². The van der Waals surface area contributed by atoms with Crippen LogP contribution in [0.15, 0.2) is 55.1 Å². The highest BCUT2D eigenvalue weighted by Crippen LogP contribution is 2.33. The number of likely N-dealkylation sites (N-methyl/N-ethyl adjacent to an activating group) is 1. The number of hydrogen-bond donors (Lipinski definition) is 1. The summed E-state index contributed by atoms with van der Waals surface area (Å²) in [5.74, 6) is -0.872. The van der Waals surface area contributed by atoms with Crippen molar-refractivity contribution < 1.29 is 22.4 Å². The van der Waals surface area contributed by atoms with Crippen molar-refractivity contribution >= 4 is 11.6 Å². The minimum absolute atomic E-state index is 0.0387. The lowest BCUT2D eigenvalue weighted by Crippen LogP contribution is -2.32. The van der Waals surface area contributed by atoms with Gasteiger partial charge in [-0.1, -0.05) is 12.1 Å². The average Bonchev–Trinajstić information content (AvgIpc) is 3.21. The number of hydrogen-bond acceptors (Lipinski definition) is 4. The second-order valence-corrected chi connectivity index (χ2v) is 6.76. The number of carbonyl (C=O) groups is 1. The lowest BCUT2D eigenvalue weighted by atomic mass is 10.1. The molecule has 0 aliphatic carbocycles. The quantitative estimate of drug-likeness (QED) is 0.610. The zero-order valence-corrected chi connectivity index (χ0v) is 16.2. The van der Waals surface area contributed by atoms with Crippen LogP contribution in [0.25, 0.3) is 5.69 Å². The minimum Gasteiger partial charge on any atom is -0.323 e. The topological polar surface area (TPSA) is 63.1 Å². The molecule has 0 fully saturated rings. The normalized spacial score (nSPS) is 12.8. The third-order valence-corrected chi connectivity index (χ3v) is 4.67. The molecule has 1 heterocycles. The Morgan fingerprint density at radius 1 is 1.20 bits per heavy atom. The Hall–Kier alpha value is -3.27. The van der Waals surface area contributed by atoms with Gasteiger partial charge in [0.15, 0.2) is 0 Å². The Balaban J connectivity index is 1.78. The summed E-state index contributed by atoms with van der Waals surface area (Å²) in [5.41, 5.74) is 0.120. The molecule has 2 aromatic carbocycles. The van der Waals surface area contributed by atoms with Crippen molar-refractivity contribution in [2.24, 2.45) is 0 Å². The molecule has 0 spiro atoms. The predicted octanol–water partition coefficient (Wildman–Crippen LogP) is 4.06. The fourth-order valence-electron chi connectivity index (χ4n) is 2.89. The van der Waals surface area contributed by atoms with E-state index in [1.807, 2.05) is 6.92 Å². The number of nitrogens with zero attached hydrogens (tertiary/aromatic N) is 4. The van der Waals surface area contributed by atoms with E-state index >= 15 is 0 Å². The van der Waals surface area contributed by atoms with Gasteiger partial charge in [0.05, 0.1) is 23.5 Å². The lowest BCUT2D eigenvalue weighted by molar-refractivity contribution is -0.137. The molecule has 1 aromatic heterocycles. The van der Waals surface area contributed by atoms with E-state index in [9.17, 15) is 22.4 Å². The summed E-state index contributed by atoms with van der Waals surface area (Å²) in [5, 5.41) is 6.44. The van der Waals surface area contributed by atoms with Crippen LogP contribution in [0.1, 0.15) is 24.1 Å². The van der Waals surface area contributed by atoms with E-state index in [1.165, 1.54) is 35.5 Å². The number of rotatable bonds is 6. The number of alkyl halides is 3. The van der Waals surface area contributed by atoms with Gasteiger partial charge < -0.3 is 5.32 Å². The Bertz CT molecular complexity index is 1000. The van der Waals surface area contributed by atoms with Crippen LogP contribution < -0.4 is 5.32 Å². The molecule has 3 rings (SSSR count). The number of anilines is 1. The van der Waals surface area contributed by atoms with Crippen molar-refractivity contribution in [1.29, 1.82) is 0 Å². The maximum absolute atomic E-state index is 13.1. The van der Waals surface area contributed by atoms with E-state index in [2.05, 4.69) is 15.4 Å². The largest absolute Gasteiger partial charge is 0.416 e. The van der Waals surface area contributed by atoms with Crippen LogP contribution in [0.4, 0.5) is 23.2 Å². The average molecular weight is 421 g/mol. The van der Waals surface area contributed by atoms with Gasteiger partial charge in [0.1, 0.15) is 18.5 Å². The molecule has 0 radical (unpaired) electrons. The van der Waals surface area contributed by atoms with Crippen molar-refractivity contribution in [1.82, 2.24) is 19.7 Å². The van der Waals surface area contributed by atoms with E-state index in [0.717, 1.165) is 17.7 Å². The van der Waals surface area contributed by atoms with E-state index in [-0.39, 0.29) is 29.8 Å². The van der Waals surface area contributed by atoms with E-state index in [1.54, 1.807) is 24.1 Å². The van der Waals surface area contributed by atoms with Gasteiger partial charge in [-0.25, -0.2) is 14.1 Å². The molecule has 0 aliphatic rings. The highest BCUT2D eigenvalue weighted by atomic mass is 19.4. The molecule has 158 valence electrons. The zero-order valence-electron chi connectivity index (χ0n) is 16.2. The number of aromatic nitrogens is 3. The second-order valence-electron chi connectivity index (χ2n) is 6.76. The van der Waals surface area contributed by atoms with Gasteiger partial charge in [-0.15, -0.1) is 0 Å². The zero-order chi connectivity index (χ0) is 21.9. The van der Waals surface area contributed by atoms with Crippen molar-refractivity contribution in [2.45, 2.75) is 19.1 Å². The highest BCUT2D eigenvalue weighted by molar-refractivity contribution is 5.94. The Kier molecular flexibility index (Phi) is 6.16. The number of benzene rings is 2. The molecule has 3 aromatic rings.